The maximum Gasteiger partial charge on any atom is 0.387 e. The van der Waals surface area contributed by atoms with E-state index in [0.717, 1.165) is 0 Å². The van der Waals surface area contributed by atoms with Gasteiger partial charge in [-0.2, -0.15) is 8.78 Å². The Labute approximate surface area is 114 Å². The molecule has 0 radical (unpaired) electrons. The van der Waals surface area contributed by atoms with Crippen molar-refractivity contribution in [3.63, 3.8) is 0 Å². The van der Waals surface area contributed by atoms with Gasteiger partial charge in [0.1, 0.15) is 11.9 Å². The number of halogens is 3. The van der Waals surface area contributed by atoms with Gasteiger partial charge in [-0.25, -0.2) is 0 Å². The molecule has 5 heteroatoms. The van der Waals surface area contributed by atoms with Gasteiger partial charge in [0.2, 0.25) is 0 Å². The minimum Gasteiger partial charge on any atom is -0.435 e. The Morgan fingerprint density at radius 2 is 1.37 bits per heavy atom. The molecular weight excluding hydrogens is 274 g/mol. The monoisotopic (exact) mass is 284 g/mol. The van der Waals surface area contributed by atoms with Crippen LogP contribution in [0.2, 0.25) is 5.02 Å². The Hall–Kier alpha value is -1.65. The number of hydrogen-bond donors (Lipinski definition) is 1. The highest BCUT2D eigenvalue weighted by Crippen LogP contribution is 2.25. The van der Waals surface area contributed by atoms with Crippen LogP contribution < -0.4 is 4.74 Å². The predicted molar refractivity (Wildman–Crippen MR) is 68.6 cm³/mol. The molecule has 0 spiro atoms. The van der Waals surface area contributed by atoms with Crippen LogP contribution in [0.5, 0.6) is 5.75 Å². The number of rotatable bonds is 4. The molecule has 1 atom stereocenters. The molecule has 0 saturated heterocycles. The molecule has 100 valence electrons. The summed E-state index contributed by atoms with van der Waals surface area (Å²) in [5.74, 6) is 0.0575. The van der Waals surface area contributed by atoms with Crippen molar-refractivity contribution in [2.45, 2.75) is 12.7 Å². The first kappa shape index (κ1) is 13.8. The lowest BCUT2D eigenvalue weighted by molar-refractivity contribution is -0.0498. The molecule has 2 nitrogen and oxygen atoms in total. The van der Waals surface area contributed by atoms with E-state index in [-0.39, 0.29) is 5.75 Å². The van der Waals surface area contributed by atoms with Crippen LogP contribution in [0.4, 0.5) is 8.78 Å². The van der Waals surface area contributed by atoms with Crippen molar-refractivity contribution < 1.29 is 18.6 Å². The molecule has 0 amide bonds. The second-order valence-electron chi connectivity index (χ2n) is 3.90. The van der Waals surface area contributed by atoms with E-state index in [0.29, 0.717) is 16.1 Å². The van der Waals surface area contributed by atoms with E-state index >= 15 is 0 Å². The first-order valence-corrected chi connectivity index (χ1v) is 5.92. The van der Waals surface area contributed by atoms with E-state index in [9.17, 15) is 13.9 Å². The minimum atomic E-state index is -2.85. The SMILES string of the molecule is OC(c1ccc(Cl)cc1)c1ccc(OC(F)F)cc1. The Bertz CT molecular complexity index is 526. The molecule has 1 N–H and O–H groups in total. The fourth-order valence-electron chi connectivity index (χ4n) is 1.67. The maximum absolute atomic E-state index is 12.0. The van der Waals surface area contributed by atoms with E-state index < -0.39 is 12.7 Å². The molecule has 2 aromatic rings. The van der Waals surface area contributed by atoms with Crippen molar-refractivity contribution in [3.8, 4) is 5.75 Å². The van der Waals surface area contributed by atoms with Crippen LogP contribution in [0.15, 0.2) is 48.5 Å². The third-order valence-electron chi connectivity index (χ3n) is 2.61. The first-order valence-electron chi connectivity index (χ1n) is 5.54. The van der Waals surface area contributed by atoms with E-state index in [1.807, 2.05) is 0 Å². The van der Waals surface area contributed by atoms with Crippen LogP contribution in [-0.2, 0) is 0 Å². The van der Waals surface area contributed by atoms with E-state index in [2.05, 4.69) is 4.74 Å². The summed E-state index contributed by atoms with van der Waals surface area (Å²) in [5, 5.41) is 10.7. The van der Waals surface area contributed by atoms with E-state index in [1.54, 1.807) is 24.3 Å². The lowest BCUT2D eigenvalue weighted by Crippen LogP contribution is -2.03. The van der Waals surface area contributed by atoms with Crippen molar-refractivity contribution in [2.75, 3.05) is 0 Å². The Balaban J connectivity index is 2.15. The fourth-order valence-corrected chi connectivity index (χ4v) is 1.80. The summed E-state index contributed by atoms with van der Waals surface area (Å²) in [4.78, 5) is 0. The molecule has 0 bridgehead atoms. The second-order valence-corrected chi connectivity index (χ2v) is 4.34. The predicted octanol–water partition coefficient (Wildman–Crippen LogP) is 4.02. The van der Waals surface area contributed by atoms with Crippen LogP contribution in [0.3, 0.4) is 0 Å². The average Bonchev–Trinajstić information content (AvgIpc) is 2.39. The lowest BCUT2D eigenvalue weighted by Gasteiger charge is -2.12. The van der Waals surface area contributed by atoms with Gasteiger partial charge in [-0.3, -0.25) is 0 Å². The summed E-state index contributed by atoms with van der Waals surface area (Å²) in [5.41, 5.74) is 1.26. The standard InChI is InChI=1S/C14H11ClF2O2/c15-11-5-1-9(2-6-11)13(18)10-3-7-12(8-4-10)19-14(16)17/h1-8,13-14,18H. The summed E-state index contributed by atoms with van der Waals surface area (Å²) in [6.07, 6.45) is -0.835. The largest absolute Gasteiger partial charge is 0.435 e. The van der Waals surface area contributed by atoms with Crippen LogP contribution >= 0.6 is 11.6 Å². The molecule has 19 heavy (non-hydrogen) atoms. The molecule has 0 aliphatic carbocycles. The third kappa shape index (κ3) is 3.66. The number of ether oxygens (including phenoxy) is 1. The van der Waals surface area contributed by atoms with Gasteiger partial charge < -0.3 is 9.84 Å². The van der Waals surface area contributed by atoms with Crippen molar-refractivity contribution in [3.05, 3.63) is 64.7 Å². The van der Waals surface area contributed by atoms with Crippen LogP contribution in [-0.4, -0.2) is 11.7 Å². The van der Waals surface area contributed by atoms with Gasteiger partial charge in [-0.05, 0) is 35.4 Å². The zero-order valence-electron chi connectivity index (χ0n) is 9.76. The Kier molecular flexibility index (Phi) is 4.35. The normalized spacial score (nSPS) is 12.5. The molecule has 1 unspecified atom stereocenters. The summed E-state index contributed by atoms with van der Waals surface area (Å²) in [6, 6.07) is 12.6. The van der Waals surface area contributed by atoms with Crippen molar-refractivity contribution in [1.82, 2.24) is 0 Å². The quantitative estimate of drug-likeness (QED) is 0.919. The van der Waals surface area contributed by atoms with E-state index in [4.69, 9.17) is 11.6 Å². The van der Waals surface area contributed by atoms with Crippen LogP contribution in [0, 0.1) is 0 Å². The van der Waals surface area contributed by atoms with Crippen LogP contribution in [0.1, 0.15) is 17.2 Å². The second kappa shape index (κ2) is 5.99. The first-order chi connectivity index (χ1) is 9.06. The van der Waals surface area contributed by atoms with Crippen molar-refractivity contribution in [1.29, 1.82) is 0 Å². The molecule has 0 aliphatic heterocycles. The molecule has 0 heterocycles. The number of hydrogen-bond acceptors (Lipinski definition) is 2. The third-order valence-corrected chi connectivity index (χ3v) is 2.86. The molecule has 2 rings (SSSR count). The molecule has 0 saturated carbocycles. The summed E-state index contributed by atoms with van der Waals surface area (Å²) in [6.45, 7) is -2.85. The highest BCUT2D eigenvalue weighted by atomic mass is 35.5. The van der Waals surface area contributed by atoms with Gasteiger partial charge in [-0.15, -0.1) is 0 Å². The summed E-state index contributed by atoms with van der Waals surface area (Å²) < 4.78 is 28.2. The number of alkyl halides is 2. The Morgan fingerprint density at radius 1 is 0.895 bits per heavy atom. The molecule has 2 aromatic carbocycles. The molecule has 0 fully saturated rings. The topological polar surface area (TPSA) is 29.5 Å². The highest BCUT2D eigenvalue weighted by molar-refractivity contribution is 6.30. The lowest BCUT2D eigenvalue weighted by atomic mass is 10.0. The van der Waals surface area contributed by atoms with Crippen molar-refractivity contribution >= 4 is 11.6 Å². The van der Waals surface area contributed by atoms with Gasteiger partial charge in [0, 0.05) is 5.02 Å². The minimum absolute atomic E-state index is 0.0575. The van der Waals surface area contributed by atoms with Gasteiger partial charge in [0.25, 0.3) is 0 Å². The molecular formula is C14H11ClF2O2. The van der Waals surface area contributed by atoms with Gasteiger partial charge in [0.15, 0.2) is 0 Å². The van der Waals surface area contributed by atoms with E-state index in [1.165, 1.54) is 24.3 Å². The highest BCUT2D eigenvalue weighted by Gasteiger charge is 2.11. The molecule has 0 aliphatic rings. The number of aliphatic hydroxyl groups is 1. The summed E-state index contributed by atoms with van der Waals surface area (Å²) >= 11 is 5.76. The fraction of sp³-hybridized carbons (Fsp3) is 0.143. The average molecular weight is 285 g/mol. The maximum atomic E-state index is 12.0. The summed E-state index contributed by atoms with van der Waals surface area (Å²) in [7, 11) is 0. The van der Waals surface area contributed by atoms with Gasteiger partial charge in [-0.1, -0.05) is 35.9 Å². The number of aliphatic hydroxyl groups excluding tert-OH is 1. The Morgan fingerprint density at radius 3 is 1.84 bits per heavy atom. The van der Waals surface area contributed by atoms with Gasteiger partial charge >= 0.3 is 6.61 Å². The zero-order valence-corrected chi connectivity index (χ0v) is 10.5. The molecule has 0 aromatic heterocycles. The van der Waals surface area contributed by atoms with Gasteiger partial charge in [0.05, 0.1) is 0 Å². The van der Waals surface area contributed by atoms with Crippen molar-refractivity contribution in [2.24, 2.45) is 0 Å². The van der Waals surface area contributed by atoms with Crippen LogP contribution in [0.25, 0.3) is 0 Å². The zero-order chi connectivity index (χ0) is 13.8. The smallest absolute Gasteiger partial charge is 0.387 e. The number of benzene rings is 2.